The van der Waals surface area contributed by atoms with E-state index >= 15 is 0 Å². The molecule has 1 aliphatic rings. The van der Waals surface area contributed by atoms with Crippen molar-refractivity contribution in [3.05, 3.63) is 87.3 Å². The van der Waals surface area contributed by atoms with Crippen LogP contribution in [0.4, 0.5) is 5.69 Å². The zero-order valence-electron chi connectivity index (χ0n) is 17.7. The van der Waals surface area contributed by atoms with Gasteiger partial charge < -0.3 is 10.1 Å². The number of carbonyl (C=O) groups excluding carboxylic acids is 4. The number of ether oxygens (including phenoxy) is 1. The predicted molar refractivity (Wildman–Crippen MR) is 116 cm³/mol. The number of esters is 1. The molecule has 33 heavy (non-hydrogen) atoms. The average molecular weight is 446 g/mol. The molecule has 0 fully saturated rings. The molecule has 0 radical (unpaired) electrons. The van der Waals surface area contributed by atoms with E-state index in [2.05, 4.69) is 10.4 Å². The quantitative estimate of drug-likeness (QED) is 0.465. The molecule has 0 spiro atoms. The SMILES string of the molecule is Cc1cc(=O)c(C(=O)OCC(=O)Nc2ccc3c(c2)C(=O)N(C)C3=O)nn1-c1ccccc1. The second kappa shape index (κ2) is 8.50. The largest absolute Gasteiger partial charge is 0.451 e. The number of aryl methyl sites for hydroxylation is 1. The summed E-state index contributed by atoms with van der Waals surface area (Å²) in [6.07, 6.45) is 0. The van der Waals surface area contributed by atoms with Gasteiger partial charge in [0.15, 0.2) is 6.61 Å². The average Bonchev–Trinajstić information content (AvgIpc) is 3.02. The molecule has 0 aliphatic carbocycles. The van der Waals surface area contributed by atoms with E-state index < -0.39 is 41.4 Å². The highest BCUT2D eigenvalue weighted by atomic mass is 16.5. The summed E-state index contributed by atoms with van der Waals surface area (Å²) in [6.45, 7) is 1.000. The molecular weight excluding hydrogens is 428 g/mol. The molecular formula is C23H18N4O6. The molecule has 0 atom stereocenters. The Kier molecular flexibility index (Phi) is 5.57. The molecule has 3 amide bonds. The van der Waals surface area contributed by atoms with Crippen molar-refractivity contribution in [3.63, 3.8) is 0 Å². The second-order valence-corrected chi connectivity index (χ2v) is 7.30. The first kappa shape index (κ1) is 21.6. The van der Waals surface area contributed by atoms with Gasteiger partial charge in [0.25, 0.3) is 17.7 Å². The first-order chi connectivity index (χ1) is 15.8. The minimum atomic E-state index is -1.05. The minimum Gasteiger partial charge on any atom is -0.451 e. The van der Waals surface area contributed by atoms with Crippen LogP contribution >= 0.6 is 0 Å². The molecule has 4 rings (SSSR count). The van der Waals surface area contributed by atoms with E-state index in [0.717, 1.165) is 4.90 Å². The molecule has 2 heterocycles. The molecule has 0 saturated carbocycles. The Morgan fingerprint density at radius 3 is 2.39 bits per heavy atom. The number of hydrogen-bond acceptors (Lipinski definition) is 7. The van der Waals surface area contributed by atoms with Crippen LogP contribution in [0.15, 0.2) is 59.4 Å². The minimum absolute atomic E-state index is 0.169. The van der Waals surface area contributed by atoms with Gasteiger partial charge in [0.05, 0.1) is 16.8 Å². The topological polar surface area (TPSA) is 128 Å². The van der Waals surface area contributed by atoms with Gasteiger partial charge in [-0.1, -0.05) is 18.2 Å². The summed E-state index contributed by atoms with van der Waals surface area (Å²) in [5.74, 6) is -2.63. The van der Waals surface area contributed by atoms with Crippen LogP contribution in [0.25, 0.3) is 5.69 Å². The Morgan fingerprint density at radius 1 is 0.970 bits per heavy atom. The van der Waals surface area contributed by atoms with Gasteiger partial charge in [-0.05, 0) is 37.3 Å². The smallest absolute Gasteiger partial charge is 0.363 e. The lowest BCUT2D eigenvalue weighted by molar-refractivity contribution is -0.119. The number of fused-ring (bicyclic) bond motifs is 1. The lowest BCUT2D eigenvalue weighted by Crippen LogP contribution is -2.27. The molecule has 166 valence electrons. The Hall–Kier alpha value is -4.60. The molecule has 1 N–H and O–H groups in total. The first-order valence-corrected chi connectivity index (χ1v) is 9.86. The van der Waals surface area contributed by atoms with E-state index in [1.165, 1.54) is 36.0 Å². The fraction of sp³-hybridized carbons (Fsp3) is 0.130. The van der Waals surface area contributed by atoms with Crippen molar-refractivity contribution in [2.45, 2.75) is 6.92 Å². The van der Waals surface area contributed by atoms with E-state index in [1.807, 2.05) is 6.07 Å². The van der Waals surface area contributed by atoms with Gasteiger partial charge in [0.1, 0.15) is 0 Å². The Labute approximate surface area is 187 Å². The number of nitrogens with zero attached hydrogens (tertiary/aromatic N) is 3. The van der Waals surface area contributed by atoms with Crippen molar-refractivity contribution in [1.29, 1.82) is 0 Å². The second-order valence-electron chi connectivity index (χ2n) is 7.30. The lowest BCUT2D eigenvalue weighted by Gasteiger charge is -2.11. The molecule has 2 aromatic carbocycles. The maximum Gasteiger partial charge on any atom is 0.363 e. The fourth-order valence-corrected chi connectivity index (χ4v) is 3.35. The van der Waals surface area contributed by atoms with Crippen LogP contribution in [0.1, 0.15) is 36.9 Å². The van der Waals surface area contributed by atoms with Gasteiger partial charge in [-0.3, -0.25) is 24.1 Å². The van der Waals surface area contributed by atoms with Crippen LogP contribution in [0.3, 0.4) is 0 Å². The van der Waals surface area contributed by atoms with Crippen molar-refractivity contribution in [2.24, 2.45) is 0 Å². The number of aromatic nitrogens is 2. The molecule has 10 heteroatoms. The zero-order chi connectivity index (χ0) is 23.7. The number of carbonyl (C=O) groups is 4. The number of benzene rings is 2. The Bertz CT molecular complexity index is 1360. The number of nitrogens with one attached hydrogen (secondary N) is 1. The fourth-order valence-electron chi connectivity index (χ4n) is 3.35. The third kappa shape index (κ3) is 4.13. The normalized spacial score (nSPS) is 12.5. The van der Waals surface area contributed by atoms with Gasteiger partial charge in [-0.25, -0.2) is 9.48 Å². The van der Waals surface area contributed by atoms with Crippen LogP contribution in [-0.4, -0.2) is 52.0 Å². The molecule has 3 aromatic rings. The summed E-state index contributed by atoms with van der Waals surface area (Å²) in [5.41, 5.74) is 0.756. The van der Waals surface area contributed by atoms with Gasteiger partial charge >= 0.3 is 5.97 Å². The van der Waals surface area contributed by atoms with Gasteiger partial charge in [0, 0.05) is 24.5 Å². The number of anilines is 1. The van der Waals surface area contributed by atoms with Gasteiger partial charge in [-0.2, -0.15) is 5.10 Å². The van der Waals surface area contributed by atoms with Crippen molar-refractivity contribution >= 4 is 29.4 Å². The summed E-state index contributed by atoms with van der Waals surface area (Å²) in [6, 6.07) is 14.5. The molecule has 10 nitrogen and oxygen atoms in total. The van der Waals surface area contributed by atoms with Gasteiger partial charge in [0.2, 0.25) is 11.1 Å². The van der Waals surface area contributed by atoms with Crippen molar-refractivity contribution in [2.75, 3.05) is 19.0 Å². The maximum absolute atomic E-state index is 12.4. The molecule has 0 saturated heterocycles. The maximum atomic E-state index is 12.4. The van der Waals surface area contributed by atoms with E-state index in [9.17, 15) is 24.0 Å². The highest BCUT2D eigenvalue weighted by Gasteiger charge is 2.32. The number of rotatable bonds is 5. The summed E-state index contributed by atoms with van der Waals surface area (Å²) < 4.78 is 6.39. The van der Waals surface area contributed by atoms with E-state index in [0.29, 0.717) is 11.4 Å². The molecule has 0 bridgehead atoms. The third-order valence-corrected chi connectivity index (χ3v) is 5.01. The van der Waals surface area contributed by atoms with E-state index in [-0.39, 0.29) is 16.8 Å². The summed E-state index contributed by atoms with van der Waals surface area (Å²) >= 11 is 0. The highest BCUT2D eigenvalue weighted by molar-refractivity contribution is 6.21. The molecule has 1 aromatic heterocycles. The Morgan fingerprint density at radius 2 is 1.67 bits per heavy atom. The van der Waals surface area contributed by atoms with Crippen molar-refractivity contribution < 1.29 is 23.9 Å². The van der Waals surface area contributed by atoms with E-state index in [4.69, 9.17) is 4.74 Å². The van der Waals surface area contributed by atoms with Crippen LogP contribution in [0.2, 0.25) is 0 Å². The number of hydrogen-bond donors (Lipinski definition) is 1. The van der Waals surface area contributed by atoms with Crippen LogP contribution in [0, 0.1) is 6.92 Å². The van der Waals surface area contributed by atoms with Crippen LogP contribution < -0.4 is 10.7 Å². The number of imide groups is 1. The lowest BCUT2D eigenvalue weighted by atomic mass is 10.1. The van der Waals surface area contributed by atoms with E-state index in [1.54, 1.807) is 31.2 Å². The van der Waals surface area contributed by atoms with Crippen molar-refractivity contribution in [1.82, 2.24) is 14.7 Å². The zero-order valence-corrected chi connectivity index (χ0v) is 17.7. The number of amides is 3. The highest BCUT2D eigenvalue weighted by Crippen LogP contribution is 2.24. The third-order valence-electron chi connectivity index (χ3n) is 5.01. The first-order valence-electron chi connectivity index (χ1n) is 9.86. The summed E-state index contributed by atoms with van der Waals surface area (Å²) in [4.78, 5) is 61.9. The summed E-state index contributed by atoms with van der Waals surface area (Å²) in [7, 11) is 1.37. The molecule has 1 aliphatic heterocycles. The summed E-state index contributed by atoms with van der Waals surface area (Å²) in [5, 5.41) is 6.58. The number of para-hydroxylation sites is 1. The predicted octanol–water partition coefficient (Wildman–Crippen LogP) is 1.56. The monoisotopic (exact) mass is 446 g/mol. The van der Waals surface area contributed by atoms with Gasteiger partial charge in [-0.15, -0.1) is 0 Å². The Balaban J connectivity index is 1.45. The standard InChI is InChI=1S/C23H18N4O6/c1-13-10-18(28)20(25-27(13)15-6-4-3-5-7-15)23(32)33-12-19(29)24-14-8-9-16-17(11-14)22(31)26(2)21(16)30/h3-11H,12H2,1-2H3,(H,24,29). The van der Waals surface area contributed by atoms with Crippen LogP contribution in [-0.2, 0) is 9.53 Å². The van der Waals surface area contributed by atoms with Crippen LogP contribution in [0.5, 0.6) is 0 Å². The van der Waals surface area contributed by atoms with Crippen molar-refractivity contribution in [3.8, 4) is 5.69 Å². The molecule has 0 unspecified atom stereocenters.